The number of nitrogens with zero attached hydrogens (tertiary/aromatic N) is 1. The second-order valence-corrected chi connectivity index (χ2v) is 7.14. The summed E-state index contributed by atoms with van der Waals surface area (Å²) in [7, 11) is 0. The predicted molar refractivity (Wildman–Crippen MR) is 105 cm³/mol. The molecule has 3 aromatic rings. The summed E-state index contributed by atoms with van der Waals surface area (Å²) in [6, 6.07) is 11.7. The van der Waals surface area contributed by atoms with Crippen LogP contribution in [0, 0.1) is 6.92 Å². The summed E-state index contributed by atoms with van der Waals surface area (Å²) in [5, 5.41) is 7.90. The van der Waals surface area contributed by atoms with E-state index >= 15 is 0 Å². The molecule has 0 fully saturated rings. The van der Waals surface area contributed by atoms with Gasteiger partial charge in [-0.1, -0.05) is 37.3 Å². The van der Waals surface area contributed by atoms with E-state index in [4.69, 9.17) is 4.42 Å². The Morgan fingerprint density at radius 1 is 1.22 bits per heavy atom. The normalized spacial score (nSPS) is 11.8. The number of carbonyl (C=O) groups is 2. The van der Waals surface area contributed by atoms with E-state index in [0.29, 0.717) is 28.7 Å². The molecule has 1 atom stereocenters. The van der Waals surface area contributed by atoms with Crippen molar-refractivity contribution < 1.29 is 14.0 Å². The van der Waals surface area contributed by atoms with Crippen LogP contribution in [0.25, 0.3) is 0 Å². The number of hydrogen-bond donors (Lipinski definition) is 2. The topological polar surface area (TPSA) is 84.2 Å². The smallest absolute Gasteiger partial charge is 0.260 e. The van der Waals surface area contributed by atoms with E-state index in [9.17, 15) is 9.59 Å². The first-order chi connectivity index (χ1) is 13.0. The standard InChI is InChI=1S/C20H21N3O3S/c1-13(15-6-4-3-5-7-15)11-21-18(24)10-16-12-27-20(22-16)23-19(25)17-8-9-26-14(17)2/h3-9,12-13H,10-11H2,1-2H3,(H,21,24)(H,22,23,25)/t13-/m1/s1. The van der Waals surface area contributed by atoms with Crippen molar-refractivity contribution in [3.8, 4) is 0 Å². The molecule has 0 saturated heterocycles. The predicted octanol–water partition coefficient (Wildman–Crippen LogP) is 3.76. The maximum Gasteiger partial charge on any atom is 0.260 e. The van der Waals surface area contributed by atoms with Gasteiger partial charge in [0, 0.05) is 11.9 Å². The number of amides is 2. The zero-order chi connectivity index (χ0) is 19.2. The number of carbonyl (C=O) groups excluding carboxylic acids is 2. The van der Waals surface area contributed by atoms with Gasteiger partial charge in [0.1, 0.15) is 5.76 Å². The van der Waals surface area contributed by atoms with Crippen LogP contribution in [-0.2, 0) is 11.2 Å². The second-order valence-electron chi connectivity index (χ2n) is 6.28. The minimum absolute atomic E-state index is 0.0911. The highest BCUT2D eigenvalue weighted by Gasteiger charge is 2.15. The van der Waals surface area contributed by atoms with Crippen molar-refractivity contribution in [2.24, 2.45) is 0 Å². The molecule has 0 aliphatic rings. The maximum atomic E-state index is 12.2. The Labute approximate surface area is 161 Å². The molecule has 2 N–H and O–H groups in total. The third-order valence-corrected chi connectivity index (χ3v) is 5.00. The summed E-state index contributed by atoms with van der Waals surface area (Å²) in [6.45, 7) is 4.36. The summed E-state index contributed by atoms with van der Waals surface area (Å²) in [4.78, 5) is 28.6. The fourth-order valence-electron chi connectivity index (χ4n) is 2.62. The molecule has 0 aliphatic carbocycles. The highest BCUT2D eigenvalue weighted by atomic mass is 32.1. The van der Waals surface area contributed by atoms with Crippen LogP contribution in [0.4, 0.5) is 5.13 Å². The third kappa shape index (κ3) is 5.04. The van der Waals surface area contributed by atoms with Gasteiger partial charge in [-0.15, -0.1) is 11.3 Å². The van der Waals surface area contributed by atoms with Gasteiger partial charge in [0.15, 0.2) is 5.13 Å². The first-order valence-corrected chi connectivity index (χ1v) is 9.52. The molecule has 1 aromatic carbocycles. The summed E-state index contributed by atoms with van der Waals surface area (Å²) >= 11 is 1.29. The number of nitrogens with one attached hydrogen (secondary N) is 2. The molecule has 27 heavy (non-hydrogen) atoms. The Balaban J connectivity index is 1.49. The molecule has 2 amide bonds. The van der Waals surface area contributed by atoms with Gasteiger partial charge in [0.2, 0.25) is 5.91 Å². The fraction of sp³-hybridized carbons (Fsp3) is 0.250. The van der Waals surface area contributed by atoms with Crippen LogP contribution >= 0.6 is 11.3 Å². The van der Waals surface area contributed by atoms with Gasteiger partial charge in [-0.3, -0.25) is 14.9 Å². The average Bonchev–Trinajstić information content (AvgIpc) is 3.29. The molecular weight excluding hydrogens is 362 g/mol. The lowest BCUT2D eigenvalue weighted by molar-refractivity contribution is -0.120. The van der Waals surface area contributed by atoms with Gasteiger partial charge in [0.25, 0.3) is 5.91 Å². The van der Waals surface area contributed by atoms with Gasteiger partial charge in [-0.2, -0.15) is 0 Å². The lowest BCUT2D eigenvalue weighted by Crippen LogP contribution is -2.29. The lowest BCUT2D eigenvalue weighted by Gasteiger charge is -2.12. The molecule has 2 heterocycles. The van der Waals surface area contributed by atoms with Crippen molar-refractivity contribution >= 4 is 28.3 Å². The Bertz CT molecular complexity index is 917. The molecule has 6 nitrogen and oxygen atoms in total. The van der Waals surface area contributed by atoms with Gasteiger partial charge < -0.3 is 9.73 Å². The Morgan fingerprint density at radius 2 is 2.00 bits per heavy atom. The second kappa shape index (κ2) is 8.64. The zero-order valence-corrected chi connectivity index (χ0v) is 16.0. The van der Waals surface area contributed by atoms with Crippen LogP contribution in [-0.4, -0.2) is 23.3 Å². The van der Waals surface area contributed by atoms with E-state index in [2.05, 4.69) is 22.5 Å². The summed E-state index contributed by atoms with van der Waals surface area (Å²) in [6.07, 6.45) is 1.65. The number of anilines is 1. The minimum Gasteiger partial charge on any atom is -0.469 e. The van der Waals surface area contributed by atoms with Crippen LogP contribution in [0.15, 0.2) is 52.5 Å². The molecule has 2 aromatic heterocycles. The SMILES string of the molecule is Cc1occc1C(=O)Nc1nc(CC(=O)NC[C@@H](C)c2ccccc2)cs1. The Kier molecular flexibility index (Phi) is 6.03. The molecule has 0 bridgehead atoms. The van der Waals surface area contributed by atoms with Crippen LogP contribution in [0.5, 0.6) is 0 Å². The number of thiazole rings is 1. The monoisotopic (exact) mass is 383 g/mol. The number of benzene rings is 1. The number of rotatable bonds is 7. The van der Waals surface area contributed by atoms with Crippen molar-refractivity contribution in [1.29, 1.82) is 0 Å². The summed E-state index contributed by atoms with van der Waals surface area (Å²) in [5.41, 5.74) is 2.29. The zero-order valence-electron chi connectivity index (χ0n) is 15.2. The molecule has 3 rings (SSSR count). The highest BCUT2D eigenvalue weighted by Crippen LogP contribution is 2.18. The molecule has 0 spiro atoms. The average molecular weight is 383 g/mol. The van der Waals surface area contributed by atoms with Gasteiger partial charge in [0.05, 0.1) is 23.9 Å². The summed E-state index contributed by atoms with van der Waals surface area (Å²) in [5.74, 6) is 0.421. The van der Waals surface area contributed by atoms with E-state index in [1.165, 1.54) is 23.2 Å². The number of aryl methyl sites for hydroxylation is 1. The van der Waals surface area contributed by atoms with Crippen molar-refractivity contribution in [3.05, 3.63) is 70.6 Å². The lowest BCUT2D eigenvalue weighted by atomic mass is 10.0. The van der Waals surface area contributed by atoms with Crippen LogP contribution in [0.2, 0.25) is 0 Å². The highest BCUT2D eigenvalue weighted by molar-refractivity contribution is 7.14. The molecule has 0 radical (unpaired) electrons. The quantitative estimate of drug-likeness (QED) is 0.651. The van der Waals surface area contributed by atoms with E-state index in [0.717, 1.165) is 0 Å². The molecular formula is C20H21N3O3S. The summed E-state index contributed by atoms with van der Waals surface area (Å²) < 4.78 is 5.13. The van der Waals surface area contributed by atoms with E-state index in [-0.39, 0.29) is 24.2 Å². The molecule has 140 valence electrons. The van der Waals surface area contributed by atoms with Crippen molar-refractivity contribution in [2.75, 3.05) is 11.9 Å². The van der Waals surface area contributed by atoms with E-state index in [1.807, 2.05) is 30.3 Å². The third-order valence-electron chi connectivity index (χ3n) is 4.19. The van der Waals surface area contributed by atoms with E-state index < -0.39 is 0 Å². The van der Waals surface area contributed by atoms with Crippen LogP contribution in [0.3, 0.4) is 0 Å². The molecule has 0 unspecified atom stereocenters. The number of furan rings is 1. The Morgan fingerprint density at radius 3 is 2.70 bits per heavy atom. The molecule has 7 heteroatoms. The van der Waals surface area contributed by atoms with Crippen molar-refractivity contribution in [1.82, 2.24) is 10.3 Å². The van der Waals surface area contributed by atoms with Crippen molar-refractivity contribution in [2.45, 2.75) is 26.2 Å². The van der Waals surface area contributed by atoms with Gasteiger partial charge in [-0.05, 0) is 24.5 Å². The number of hydrogen-bond acceptors (Lipinski definition) is 5. The Hall–Kier alpha value is -2.93. The fourth-order valence-corrected chi connectivity index (χ4v) is 3.33. The minimum atomic E-state index is -0.275. The first-order valence-electron chi connectivity index (χ1n) is 8.64. The van der Waals surface area contributed by atoms with Crippen LogP contribution in [0.1, 0.15) is 40.2 Å². The number of aromatic nitrogens is 1. The molecule has 0 aliphatic heterocycles. The van der Waals surface area contributed by atoms with Gasteiger partial charge in [-0.25, -0.2) is 4.98 Å². The van der Waals surface area contributed by atoms with Gasteiger partial charge >= 0.3 is 0 Å². The largest absolute Gasteiger partial charge is 0.469 e. The van der Waals surface area contributed by atoms with E-state index in [1.54, 1.807) is 18.4 Å². The molecule has 0 saturated carbocycles. The van der Waals surface area contributed by atoms with Crippen molar-refractivity contribution in [3.63, 3.8) is 0 Å². The maximum absolute atomic E-state index is 12.2. The first kappa shape index (κ1) is 18.8. The van der Waals surface area contributed by atoms with Crippen LogP contribution < -0.4 is 10.6 Å².